The number of hydrogen-bond acceptors (Lipinski definition) is 2. The molecule has 5 nitrogen and oxygen atoms in total. The van der Waals surface area contributed by atoms with Crippen LogP contribution >= 0.6 is 7.82 Å². The predicted molar refractivity (Wildman–Crippen MR) is 42.0 cm³/mol. The van der Waals surface area contributed by atoms with Crippen molar-refractivity contribution in [3.05, 3.63) is 0 Å². The van der Waals surface area contributed by atoms with Crippen molar-refractivity contribution in [3.8, 4) is 0 Å². The fourth-order valence-electron chi connectivity index (χ4n) is 0.434. The summed E-state index contributed by atoms with van der Waals surface area (Å²) in [7, 11) is 1.50. The van der Waals surface area contributed by atoms with Gasteiger partial charge in [-0.2, -0.15) is 0 Å². The molecule has 0 radical (unpaired) electrons. The van der Waals surface area contributed by atoms with E-state index in [-0.39, 0.29) is 37.6 Å². The fraction of sp³-hybridized carbons (Fsp3) is 1.00. The van der Waals surface area contributed by atoms with E-state index in [0.717, 1.165) is 0 Å². The summed E-state index contributed by atoms with van der Waals surface area (Å²) >= 11 is 0. The van der Waals surface area contributed by atoms with Crippen LogP contribution in [0.4, 0.5) is 0 Å². The average Bonchev–Trinajstić information content (AvgIpc) is 1.55. The maximum Gasteiger partial charge on any atom is 1.00 e. The maximum atomic E-state index is 10.2. The summed E-state index contributed by atoms with van der Waals surface area (Å²) in [5.74, 6) is 0. The molecule has 0 aliphatic rings. The molecule has 0 heterocycles. The Balaban J connectivity index is -0.000000500. The zero-order valence-corrected chi connectivity index (χ0v) is 10.9. The zero-order chi connectivity index (χ0) is 9.12. The molecule has 0 fully saturated rings. The van der Waals surface area contributed by atoms with Crippen LogP contribution in [0.1, 0.15) is 1.43 Å². The molecule has 0 aromatic rings. The molecule has 70 valence electrons. The van der Waals surface area contributed by atoms with Crippen molar-refractivity contribution >= 4 is 7.82 Å². The molecule has 2 N–H and O–H groups in total. The van der Waals surface area contributed by atoms with Gasteiger partial charge in [-0.1, -0.05) is 0 Å². The quantitative estimate of drug-likeness (QED) is 0.292. The van der Waals surface area contributed by atoms with Gasteiger partial charge in [-0.05, 0) is 0 Å². The van der Waals surface area contributed by atoms with Gasteiger partial charge in [0.05, 0.1) is 21.1 Å². The number of rotatable bonds is 4. The molecule has 0 aliphatic carbocycles. The minimum absolute atomic E-state index is 0. The second kappa shape index (κ2) is 5.73. The minimum Gasteiger partial charge on any atom is -1.00 e. The molecular formula is C5H16NNaO4P+. The summed E-state index contributed by atoms with van der Waals surface area (Å²) in [6, 6.07) is 0. The SMILES string of the molecule is C[N+](C)(C)CCOP(=O)(O)O.[H-].[Na+]. The molecule has 0 saturated carbocycles. The molecule has 0 amide bonds. The van der Waals surface area contributed by atoms with Crippen LogP contribution in [-0.4, -0.2) is 48.6 Å². The van der Waals surface area contributed by atoms with Gasteiger partial charge in [0.15, 0.2) is 0 Å². The summed E-state index contributed by atoms with van der Waals surface area (Å²) in [6.07, 6.45) is 0. The molecule has 0 rings (SSSR count). The predicted octanol–water partition coefficient (Wildman–Crippen LogP) is -3.08. The fourth-order valence-corrected chi connectivity index (χ4v) is 0.753. The van der Waals surface area contributed by atoms with Crippen LogP contribution in [-0.2, 0) is 9.09 Å². The van der Waals surface area contributed by atoms with Gasteiger partial charge < -0.3 is 15.7 Å². The third kappa shape index (κ3) is 13.6. The third-order valence-electron chi connectivity index (χ3n) is 1.02. The summed E-state index contributed by atoms with van der Waals surface area (Å²) in [5, 5.41) is 0. The van der Waals surface area contributed by atoms with Gasteiger partial charge >= 0.3 is 37.4 Å². The summed E-state index contributed by atoms with van der Waals surface area (Å²) < 4.78 is 15.1. The molecule has 0 saturated heterocycles. The Labute approximate surface area is 96.3 Å². The molecule has 0 atom stereocenters. The monoisotopic (exact) mass is 208 g/mol. The number of phosphoric ester groups is 1. The Morgan fingerprint density at radius 1 is 1.42 bits per heavy atom. The third-order valence-corrected chi connectivity index (χ3v) is 1.54. The molecule has 0 aromatic carbocycles. The summed E-state index contributed by atoms with van der Waals surface area (Å²) in [5.41, 5.74) is 0. The van der Waals surface area contributed by atoms with Crippen molar-refractivity contribution in [2.24, 2.45) is 0 Å². The van der Waals surface area contributed by atoms with Crippen molar-refractivity contribution < 1.29 is 54.3 Å². The van der Waals surface area contributed by atoms with E-state index in [4.69, 9.17) is 9.79 Å². The van der Waals surface area contributed by atoms with Gasteiger partial charge in [-0.3, -0.25) is 4.52 Å². The van der Waals surface area contributed by atoms with E-state index in [1.807, 2.05) is 21.1 Å². The Morgan fingerprint density at radius 3 is 2.08 bits per heavy atom. The van der Waals surface area contributed by atoms with Crippen LogP contribution in [0.25, 0.3) is 0 Å². The van der Waals surface area contributed by atoms with E-state index >= 15 is 0 Å². The van der Waals surface area contributed by atoms with Gasteiger partial charge in [0.2, 0.25) is 0 Å². The maximum absolute atomic E-state index is 10.2. The van der Waals surface area contributed by atoms with Crippen molar-refractivity contribution in [1.29, 1.82) is 0 Å². The minimum atomic E-state index is -4.26. The first-order chi connectivity index (χ1) is 4.71. The van der Waals surface area contributed by atoms with Crippen LogP contribution in [0, 0.1) is 0 Å². The zero-order valence-electron chi connectivity index (χ0n) is 9.02. The van der Waals surface area contributed by atoms with Gasteiger partial charge in [-0.15, -0.1) is 0 Å². The molecule has 0 spiro atoms. The molecule has 0 bridgehead atoms. The van der Waals surface area contributed by atoms with E-state index in [2.05, 4.69) is 4.52 Å². The first-order valence-corrected chi connectivity index (χ1v) is 4.74. The average molecular weight is 208 g/mol. The number of likely N-dealkylation sites (N-methyl/N-ethyl adjacent to an activating group) is 1. The van der Waals surface area contributed by atoms with Crippen LogP contribution in [0.15, 0.2) is 0 Å². The van der Waals surface area contributed by atoms with Gasteiger partial charge in [0, 0.05) is 0 Å². The molecular weight excluding hydrogens is 192 g/mol. The van der Waals surface area contributed by atoms with Crippen molar-refractivity contribution in [1.82, 2.24) is 0 Å². The first-order valence-electron chi connectivity index (χ1n) is 3.21. The van der Waals surface area contributed by atoms with Gasteiger partial charge in [0.1, 0.15) is 13.2 Å². The van der Waals surface area contributed by atoms with E-state index in [1.165, 1.54) is 0 Å². The van der Waals surface area contributed by atoms with E-state index in [1.54, 1.807) is 0 Å². The van der Waals surface area contributed by atoms with Gasteiger partial charge in [0.25, 0.3) is 0 Å². The number of phosphoric acid groups is 1. The second-order valence-electron chi connectivity index (χ2n) is 3.34. The Morgan fingerprint density at radius 2 is 1.83 bits per heavy atom. The second-order valence-corrected chi connectivity index (χ2v) is 4.58. The number of hydrogen-bond donors (Lipinski definition) is 2. The molecule has 0 unspecified atom stereocenters. The van der Waals surface area contributed by atoms with Crippen LogP contribution in [0.3, 0.4) is 0 Å². The summed E-state index contributed by atoms with van der Waals surface area (Å²) in [6.45, 7) is 0.652. The summed E-state index contributed by atoms with van der Waals surface area (Å²) in [4.78, 5) is 16.6. The van der Waals surface area contributed by atoms with Crippen molar-refractivity contribution in [2.75, 3.05) is 34.3 Å². The standard InChI is InChI=1S/C5H14NO4P.Na.H/c1-6(2,3)4-5-10-11(7,8)9;;/h4-5H2,1-3H3,(H-,7,8,9);;/q;+1;-1/p+1. The molecule has 7 heteroatoms. The largest absolute Gasteiger partial charge is 1.00 e. The van der Waals surface area contributed by atoms with Crippen molar-refractivity contribution in [3.63, 3.8) is 0 Å². The van der Waals surface area contributed by atoms with Crippen LogP contribution in [0.5, 0.6) is 0 Å². The van der Waals surface area contributed by atoms with E-state index < -0.39 is 7.82 Å². The number of nitrogens with zero attached hydrogens (tertiary/aromatic N) is 1. The van der Waals surface area contributed by atoms with E-state index in [0.29, 0.717) is 11.0 Å². The first kappa shape index (κ1) is 15.5. The van der Waals surface area contributed by atoms with Crippen LogP contribution < -0.4 is 29.6 Å². The van der Waals surface area contributed by atoms with E-state index in [9.17, 15) is 4.57 Å². The molecule has 12 heavy (non-hydrogen) atoms. The molecule has 0 aliphatic heterocycles. The van der Waals surface area contributed by atoms with Gasteiger partial charge in [-0.25, -0.2) is 4.57 Å². The Bertz CT molecular complexity index is 168. The smallest absolute Gasteiger partial charge is 1.00 e. The van der Waals surface area contributed by atoms with Crippen molar-refractivity contribution in [2.45, 2.75) is 0 Å². The Kier molecular flexibility index (Phi) is 7.42. The number of quaternary nitrogens is 1. The normalized spacial score (nSPS) is 12.4. The topological polar surface area (TPSA) is 66.8 Å². The molecule has 0 aromatic heterocycles. The van der Waals surface area contributed by atoms with Crippen LogP contribution in [0.2, 0.25) is 0 Å². The Hall–Kier alpha value is 1.07.